The van der Waals surface area contributed by atoms with Crippen molar-refractivity contribution in [3.63, 3.8) is 0 Å². The normalized spacial score (nSPS) is 16.3. The average molecular weight is 321 g/mol. The van der Waals surface area contributed by atoms with Gasteiger partial charge in [-0.25, -0.2) is 14.5 Å². The highest BCUT2D eigenvalue weighted by molar-refractivity contribution is 7.15. The number of carbonyl (C=O) groups excluding carboxylic acids is 1. The summed E-state index contributed by atoms with van der Waals surface area (Å²) in [5.74, 6) is -0.286. The standard InChI is InChI=1S/C14H19N5O2S/c1-14(2)5-4-9-10(6-14)22-12(16-9)17-11(20)7-19-13(21)18(3)8-15-19/h8H,4-7H2,1-3H3,(H,16,17,20). The summed E-state index contributed by atoms with van der Waals surface area (Å²) in [4.78, 5) is 29.4. The van der Waals surface area contributed by atoms with Gasteiger partial charge in [0.05, 0.1) is 5.69 Å². The third-order valence-corrected chi connectivity index (χ3v) is 4.90. The first kappa shape index (κ1) is 15.0. The lowest BCUT2D eigenvalue weighted by Crippen LogP contribution is -2.29. The van der Waals surface area contributed by atoms with E-state index in [4.69, 9.17) is 0 Å². The van der Waals surface area contributed by atoms with E-state index >= 15 is 0 Å². The minimum atomic E-state index is -0.310. The third-order valence-electron chi connectivity index (χ3n) is 3.88. The van der Waals surface area contributed by atoms with Gasteiger partial charge in [-0.3, -0.25) is 9.36 Å². The summed E-state index contributed by atoms with van der Waals surface area (Å²) in [6, 6.07) is 0. The lowest BCUT2D eigenvalue weighted by atomic mass is 9.79. The van der Waals surface area contributed by atoms with Crippen molar-refractivity contribution in [1.82, 2.24) is 19.3 Å². The van der Waals surface area contributed by atoms with E-state index in [1.807, 2.05) is 0 Å². The second-order valence-corrected chi connectivity index (χ2v) is 7.54. The van der Waals surface area contributed by atoms with Gasteiger partial charge in [-0.1, -0.05) is 13.8 Å². The molecule has 0 saturated carbocycles. The largest absolute Gasteiger partial charge is 0.345 e. The van der Waals surface area contributed by atoms with Crippen LogP contribution >= 0.6 is 11.3 Å². The summed E-state index contributed by atoms with van der Waals surface area (Å²) < 4.78 is 2.46. The van der Waals surface area contributed by atoms with E-state index in [-0.39, 0.29) is 18.1 Å². The maximum Gasteiger partial charge on any atom is 0.345 e. The van der Waals surface area contributed by atoms with Gasteiger partial charge < -0.3 is 5.32 Å². The number of nitrogens with one attached hydrogen (secondary N) is 1. The molecule has 0 spiro atoms. The van der Waals surface area contributed by atoms with Crippen molar-refractivity contribution >= 4 is 22.4 Å². The van der Waals surface area contributed by atoms with Crippen molar-refractivity contribution in [1.29, 1.82) is 0 Å². The van der Waals surface area contributed by atoms with Crippen LogP contribution in [0.15, 0.2) is 11.1 Å². The fraction of sp³-hybridized carbons (Fsp3) is 0.571. The van der Waals surface area contributed by atoms with E-state index in [1.165, 1.54) is 27.1 Å². The number of anilines is 1. The number of hydrogen-bond donors (Lipinski definition) is 1. The lowest BCUT2D eigenvalue weighted by molar-refractivity contribution is -0.117. The molecule has 1 aliphatic rings. The zero-order valence-corrected chi connectivity index (χ0v) is 13.7. The number of nitrogens with zero attached hydrogens (tertiary/aromatic N) is 4. The molecule has 2 heterocycles. The van der Waals surface area contributed by atoms with E-state index in [0.29, 0.717) is 10.5 Å². The second kappa shape index (κ2) is 5.35. The zero-order valence-electron chi connectivity index (χ0n) is 12.9. The molecular formula is C14H19N5O2S. The van der Waals surface area contributed by atoms with Gasteiger partial charge in [0.1, 0.15) is 12.9 Å². The third kappa shape index (κ3) is 2.96. The fourth-order valence-electron chi connectivity index (χ4n) is 2.57. The number of rotatable bonds is 3. The van der Waals surface area contributed by atoms with Gasteiger partial charge in [-0.2, -0.15) is 5.10 Å². The van der Waals surface area contributed by atoms with Gasteiger partial charge in [-0.15, -0.1) is 11.3 Å². The molecule has 0 unspecified atom stereocenters. The average Bonchev–Trinajstić information content (AvgIpc) is 2.94. The number of hydrogen-bond acceptors (Lipinski definition) is 5. The summed E-state index contributed by atoms with van der Waals surface area (Å²) in [6.07, 6.45) is 4.45. The van der Waals surface area contributed by atoms with E-state index in [0.717, 1.165) is 29.6 Å². The fourth-order valence-corrected chi connectivity index (χ4v) is 3.86. The number of amides is 1. The van der Waals surface area contributed by atoms with Gasteiger partial charge in [0.15, 0.2) is 5.13 Å². The van der Waals surface area contributed by atoms with Crippen LogP contribution in [0.3, 0.4) is 0 Å². The van der Waals surface area contributed by atoms with Crippen molar-refractivity contribution in [2.24, 2.45) is 12.5 Å². The molecule has 2 aromatic rings. The molecule has 7 nitrogen and oxygen atoms in total. The monoisotopic (exact) mass is 321 g/mol. The Labute approximate surface area is 132 Å². The highest BCUT2D eigenvalue weighted by Crippen LogP contribution is 2.38. The molecule has 0 aliphatic heterocycles. The predicted molar refractivity (Wildman–Crippen MR) is 84.0 cm³/mol. The van der Waals surface area contributed by atoms with Crippen LogP contribution in [0.1, 0.15) is 30.8 Å². The van der Waals surface area contributed by atoms with Crippen LogP contribution in [-0.4, -0.2) is 25.2 Å². The minimum Gasteiger partial charge on any atom is -0.300 e. The Kier molecular flexibility index (Phi) is 3.64. The molecule has 0 saturated heterocycles. The van der Waals surface area contributed by atoms with E-state index in [9.17, 15) is 9.59 Å². The summed E-state index contributed by atoms with van der Waals surface area (Å²) in [5, 5.41) is 7.25. The number of thiazole rings is 1. The molecule has 0 fully saturated rings. The van der Waals surface area contributed by atoms with Crippen LogP contribution in [0.4, 0.5) is 5.13 Å². The highest BCUT2D eigenvalue weighted by atomic mass is 32.1. The second-order valence-electron chi connectivity index (χ2n) is 6.46. The van der Waals surface area contributed by atoms with Gasteiger partial charge >= 0.3 is 5.69 Å². The quantitative estimate of drug-likeness (QED) is 0.921. The summed E-state index contributed by atoms with van der Waals surface area (Å²) >= 11 is 1.53. The topological polar surface area (TPSA) is 81.8 Å². The Morgan fingerprint density at radius 1 is 1.50 bits per heavy atom. The molecule has 1 amide bonds. The summed E-state index contributed by atoms with van der Waals surface area (Å²) in [7, 11) is 1.60. The van der Waals surface area contributed by atoms with Gasteiger partial charge in [0, 0.05) is 11.9 Å². The molecule has 22 heavy (non-hydrogen) atoms. The minimum absolute atomic E-state index is 0.102. The van der Waals surface area contributed by atoms with Gasteiger partial charge in [0.25, 0.3) is 0 Å². The Balaban J connectivity index is 1.69. The van der Waals surface area contributed by atoms with Crippen molar-refractivity contribution in [3.8, 4) is 0 Å². The molecule has 0 radical (unpaired) electrons. The van der Waals surface area contributed by atoms with Crippen molar-refractivity contribution in [3.05, 3.63) is 27.4 Å². The van der Waals surface area contributed by atoms with E-state index in [1.54, 1.807) is 7.05 Å². The SMILES string of the molecule is Cn1cnn(CC(=O)Nc2nc3c(s2)CC(C)(C)CC3)c1=O. The smallest absolute Gasteiger partial charge is 0.300 e. The summed E-state index contributed by atoms with van der Waals surface area (Å²) in [6.45, 7) is 4.40. The molecule has 118 valence electrons. The van der Waals surface area contributed by atoms with Crippen molar-refractivity contribution in [2.75, 3.05) is 5.32 Å². The molecule has 8 heteroatoms. The van der Waals surface area contributed by atoms with Crippen LogP contribution in [0.5, 0.6) is 0 Å². The maximum absolute atomic E-state index is 12.0. The molecule has 1 N–H and O–H groups in total. The van der Waals surface area contributed by atoms with Crippen LogP contribution in [0.25, 0.3) is 0 Å². The van der Waals surface area contributed by atoms with Crippen LogP contribution in [-0.2, 0) is 31.2 Å². The molecule has 0 atom stereocenters. The van der Waals surface area contributed by atoms with Crippen LogP contribution < -0.4 is 11.0 Å². The van der Waals surface area contributed by atoms with Crippen LogP contribution in [0.2, 0.25) is 0 Å². The number of carbonyl (C=O) groups is 1. The molecule has 2 aromatic heterocycles. The zero-order chi connectivity index (χ0) is 15.9. The van der Waals surface area contributed by atoms with Crippen molar-refractivity contribution < 1.29 is 4.79 Å². The summed E-state index contributed by atoms with van der Waals surface area (Å²) in [5.41, 5.74) is 1.08. The number of aromatic nitrogens is 4. The molecular weight excluding hydrogens is 302 g/mol. The van der Waals surface area contributed by atoms with E-state index in [2.05, 4.69) is 29.2 Å². The number of fused-ring (bicyclic) bond motifs is 1. The molecule has 3 rings (SSSR count). The van der Waals surface area contributed by atoms with Gasteiger partial charge in [-0.05, 0) is 24.7 Å². The van der Waals surface area contributed by atoms with Crippen molar-refractivity contribution in [2.45, 2.75) is 39.7 Å². The van der Waals surface area contributed by atoms with Crippen LogP contribution in [0, 0.1) is 5.41 Å². The Morgan fingerprint density at radius 3 is 2.95 bits per heavy atom. The maximum atomic E-state index is 12.0. The first-order valence-electron chi connectivity index (χ1n) is 7.21. The number of aryl methyl sites for hydroxylation is 2. The Bertz CT molecular complexity index is 771. The lowest BCUT2D eigenvalue weighted by Gasteiger charge is -2.28. The van der Waals surface area contributed by atoms with Gasteiger partial charge in [0.2, 0.25) is 5.91 Å². The molecule has 1 aliphatic carbocycles. The predicted octanol–water partition coefficient (Wildman–Crippen LogP) is 1.19. The first-order valence-corrected chi connectivity index (χ1v) is 8.03. The highest BCUT2D eigenvalue weighted by Gasteiger charge is 2.28. The Hall–Kier alpha value is -1.96. The molecule has 0 aromatic carbocycles. The van der Waals surface area contributed by atoms with E-state index < -0.39 is 0 Å². The first-order chi connectivity index (χ1) is 10.3. The Morgan fingerprint density at radius 2 is 2.27 bits per heavy atom. The molecule has 0 bridgehead atoms.